The first-order valence-corrected chi connectivity index (χ1v) is 1.26. The standard InChI is InChI=1S/C2H10BN2/c3-5-2-1-4/h5H,1-2,4H2,3H3/q-1. The maximum atomic E-state index is 5.12. The predicted molar refractivity (Wildman–Crippen MR) is 27.0 cm³/mol. The van der Waals surface area contributed by atoms with Crippen LogP contribution >= 0.6 is 0 Å². The van der Waals surface area contributed by atoms with E-state index in [4.69, 9.17) is 5.73 Å². The molecule has 0 amide bonds. The molecule has 32 valence electrons. The zero-order valence-corrected chi connectivity index (χ0v) is 2.49. The summed E-state index contributed by atoms with van der Waals surface area (Å²) in [6, 6.07) is 0. The Balaban J connectivity index is 2.19. The zero-order valence-electron chi connectivity index (χ0n) is 2.49. The Morgan fingerprint density at radius 1 is 1.80 bits per heavy atom. The molecule has 0 aliphatic carbocycles. The van der Waals surface area contributed by atoms with Crippen LogP contribution in [-0.2, 0) is 0 Å². The molecule has 2 nitrogen and oxygen atoms in total. The van der Waals surface area contributed by atoms with Gasteiger partial charge in [-0.1, -0.05) is 0 Å². The fourth-order valence-electron chi connectivity index (χ4n) is 0. The highest BCUT2D eigenvalue weighted by Crippen LogP contribution is 1.35. The normalized spacial score (nSPS) is 8.40. The highest BCUT2D eigenvalue weighted by molar-refractivity contribution is 6.04. The molecule has 0 unspecified atom stereocenters. The third-order valence-electron chi connectivity index (χ3n) is 0.144. The number of nitrogens with one attached hydrogen (secondary N) is 1. The first kappa shape index (κ1) is 4.98. The Bertz CT molecular complexity index is 15.1. The Morgan fingerprint density at radius 2 is 2.40 bits per heavy atom. The van der Waals surface area contributed by atoms with Gasteiger partial charge in [-0.2, -0.15) is 0 Å². The summed E-state index contributed by atoms with van der Waals surface area (Å²) < 4.78 is 0. The van der Waals surface area contributed by atoms with Gasteiger partial charge in [0.25, 0.3) is 0 Å². The van der Waals surface area contributed by atoms with Crippen molar-refractivity contribution in [2.24, 2.45) is 5.73 Å². The van der Waals surface area contributed by atoms with Gasteiger partial charge in [0.15, 0.2) is 0 Å². The number of rotatable bonds is 2. The maximum absolute atomic E-state index is 5.12. The lowest BCUT2D eigenvalue weighted by Gasteiger charge is -1.92. The SMILES string of the molecule is [BH3-]NCCN. The quantitative estimate of drug-likeness (QED) is 0.364. The van der Waals surface area contributed by atoms with Crippen LogP contribution in [0.2, 0.25) is 0 Å². The van der Waals surface area contributed by atoms with Crippen LogP contribution in [0.1, 0.15) is 0 Å². The largest absolute Gasteiger partial charge is 0.496 e. The van der Waals surface area contributed by atoms with E-state index >= 15 is 0 Å². The van der Waals surface area contributed by atoms with Crippen LogP contribution in [0.3, 0.4) is 0 Å². The Morgan fingerprint density at radius 3 is 2.40 bits per heavy atom. The van der Waals surface area contributed by atoms with E-state index in [1.54, 1.807) is 0 Å². The van der Waals surface area contributed by atoms with Gasteiger partial charge in [0.1, 0.15) is 0 Å². The molecule has 0 aromatic heterocycles. The molecule has 0 aliphatic rings. The lowest BCUT2D eigenvalue weighted by molar-refractivity contribution is 0.908. The monoisotopic (exact) mass is 73.1 g/mol. The van der Waals surface area contributed by atoms with Crippen molar-refractivity contribution in [2.45, 2.75) is 0 Å². The number of nitrogens with two attached hydrogens (primary N) is 1. The van der Waals surface area contributed by atoms with Gasteiger partial charge in [-0.25, -0.2) is 0 Å². The Hall–Kier alpha value is -0.0151. The lowest BCUT2D eigenvalue weighted by atomic mass is 10.4. The molecular formula is C2H10BN2-. The number of hydrogen-bond donors (Lipinski definition) is 2. The van der Waals surface area contributed by atoms with E-state index in [1.165, 1.54) is 0 Å². The molecular weight excluding hydrogens is 62.8 g/mol. The molecule has 0 radical (unpaired) electrons. The van der Waals surface area contributed by atoms with E-state index in [9.17, 15) is 0 Å². The maximum Gasteiger partial charge on any atom is 0.0113 e. The molecule has 5 heavy (non-hydrogen) atoms. The van der Waals surface area contributed by atoms with Crippen LogP contribution < -0.4 is 11.0 Å². The van der Waals surface area contributed by atoms with Crippen LogP contribution in [0.15, 0.2) is 0 Å². The van der Waals surface area contributed by atoms with E-state index in [0.29, 0.717) is 7.98 Å². The van der Waals surface area contributed by atoms with Crippen LogP contribution in [-0.4, -0.2) is 21.1 Å². The van der Waals surface area contributed by atoms with Gasteiger partial charge in [-0.15, -0.1) is 0 Å². The molecule has 0 aromatic rings. The first-order valence-electron chi connectivity index (χ1n) is 1.26. The summed E-state index contributed by atoms with van der Waals surface area (Å²) in [5.74, 6) is 0. The van der Waals surface area contributed by atoms with Gasteiger partial charge >= 0.3 is 0 Å². The average Bonchev–Trinajstić information content (AvgIpc) is 1.41. The van der Waals surface area contributed by atoms with Crippen molar-refractivity contribution < 1.29 is 0 Å². The summed E-state index contributed by atoms with van der Waals surface area (Å²) in [5.41, 5.74) is 5.12. The minimum absolute atomic E-state index is 0.418. The smallest absolute Gasteiger partial charge is 0.0113 e. The zero-order chi connectivity index (χ0) is 4.12. The predicted octanol–water partition coefficient (Wildman–Crippen LogP) is -2.18. The van der Waals surface area contributed by atoms with Gasteiger partial charge in [0.2, 0.25) is 0 Å². The third-order valence-corrected chi connectivity index (χ3v) is 0.144. The Labute approximate surface area is 33.2 Å². The van der Waals surface area contributed by atoms with Gasteiger partial charge in [0.05, 0.1) is 0 Å². The highest BCUT2D eigenvalue weighted by Gasteiger charge is 1.59. The van der Waals surface area contributed by atoms with Gasteiger partial charge < -0.3 is 11.0 Å². The van der Waals surface area contributed by atoms with E-state index in [0.717, 1.165) is 13.1 Å². The first-order chi connectivity index (χ1) is 2.41. The van der Waals surface area contributed by atoms with E-state index in [1.807, 2.05) is 0 Å². The molecule has 0 heterocycles. The van der Waals surface area contributed by atoms with Crippen LogP contribution in [0.25, 0.3) is 0 Å². The molecule has 0 spiro atoms. The van der Waals surface area contributed by atoms with Gasteiger partial charge in [0, 0.05) is 14.5 Å². The third kappa shape index (κ3) is 3.98. The average molecular weight is 72.9 g/mol. The van der Waals surface area contributed by atoms with Crippen molar-refractivity contribution in [3.05, 3.63) is 0 Å². The van der Waals surface area contributed by atoms with Crippen molar-refractivity contribution in [1.29, 1.82) is 0 Å². The molecule has 0 atom stereocenters. The van der Waals surface area contributed by atoms with Crippen LogP contribution in [0.5, 0.6) is 0 Å². The molecule has 0 aliphatic heterocycles. The minimum atomic E-state index is 0.418. The number of hydrogen-bond acceptors (Lipinski definition) is 2. The molecule has 0 bridgehead atoms. The molecule has 3 heteroatoms. The summed E-state index contributed by atoms with van der Waals surface area (Å²) >= 11 is 0. The second kappa shape index (κ2) is 3.98. The fraction of sp³-hybridized carbons (Fsp3) is 1.00. The van der Waals surface area contributed by atoms with Crippen molar-refractivity contribution in [3.63, 3.8) is 0 Å². The molecule has 0 rings (SSSR count). The lowest BCUT2D eigenvalue weighted by Crippen LogP contribution is -2.18. The minimum Gasteiger partial charge on any atom is -0.496 e. The van der Waals surface area contributed by atoms with Crippen LogP contribution in [0.4, 0.5) is 0 Å². The molecule has 0 saturated carbocycles. The van der Waals surface area contributed by atoms with E-state index < -0.39 is 0 Å². The summed E-state index contributed by atoms with van der Waals surface area (Å²) in [5, 5.41) is 3.14. The van der Waals surface area contributed by atoms with Gasteiger partial charge in [-0.05, 0) is 6.54 Å². The topological polar surface area (TPSA) is 38.0 Å². The van der Waals surface area contributed by atoms with E-state index in [2.05, 4.69) is 5.23 Å². The molecule has 0 aromatic carbocycles. The molecule has 0 saturated heterocycles. The summed E-state index contributed by atoms with van der Waals surface area (Å²) in [6.45, 7) is 1.82. The highest BCUT2D eigenvalue weighted by atomic mass is 14.8. The van der Waals surface area contributed by atoms with Crippen molar-refractivity contribution in [3.8, 4) is 0 Å². The second-order valence-electron chi connectivity index (χ2n) is 0.539. The van der Waals surface area contributed by atoms with Crippen molar-refractivity contribution in [2.75, 3.05) is 13.1 Å². The van der Waals surface area contributed by atoms with Crippen LogP contribution in [0, 0.1) is 0 Å². The summed E-state index contributed by atoms with van der Waals surface area (Å²) in [6.07, 6.45) is 0. The fourth-order valence-corrected chi connectivity index (χ4v) is 0. The molecule has 0 fully saturated rings. The van der Waals surface area contributed by atoms with E-state index in [-0.39, 0.29) is 0 Å². The van der Waals surface area contributed by atoms with Gasteiger partial charge in [-0.3, -0.25) is 0 Å². The van der Waals surface area contributed by atoms with Crippen molar-refractivity contribution >= 4 is 7.98 Å². The summed E-state index contributed by atoms with van der Waals surface area (Å²) in [7, 11) is 0.418. The van der Waals surface area contributed by atoms with Crippen molar-refractivity contribution in [1.82, 2.24) is 5.23 Å². The summed E-state index contributed by atoms with van der Waals surface area (Å²) in [4.78, 5) is 0. The second-order valence-corrected chi connectivity index (χ2v) is 0.539. The molecule has 3 N–H and O–H groups in total. The Kier molecular flexibility index (Phi) is 3.97.